The summed E-state index contributed by atoms with van der Waals surface area (Å²) in [7, 11) is 1.94. The molecular weight excluding hydrogens is 338 g/mol. The van der Waals surface area contributed by atoms with E-state index in [4.69, 9.17) is 11.6 Å². The van der Waals surface area contributed by atoms with Crippen LogP contribution < -0.4 is 5.32 Å². The molecule has 0 aliphatic carbocycles. The molecule has 0 unspecified atom stereocenters. The summed E-state index contributed by atoms with van der Waals surface area (Å²) in [6.45, 7) is 4.91. The number of aromatic nitrogens is 2. The van der Waals surface area contributed by atoms with E-state index in [1.54, 1.807) is 0 Å². The van der Waals surface area contributed by atoms with E-state index in [2.05, 4.69) is 52.3 Å². The van der Waals surface area contributed by atoms with Crippen molar-refractivity contribution in [1.29, 1.82) is 0 Å². The Bertz CT molecular complexity index is 595. The molecule has 1 aromatic heterocycles. The van der Waals surface area contributed by atoms with Gasteiger partial charge in [-0.25, -0.2) is 0 Å². The van der Waals surface area contributed by atoms with Crippen LogP contribution in [0.15, 0.2) is 28.7 Å². The average Bonchev–Trinajstić information content (AvgIpc) is 2.71. The zero-order chi connectivity index (χ0) is 14.7. The van der Waals surface area contributed by atoms with Gasteiger partial charge in [-0.3, -0.25) is 4.68 Å². The quantitative estimate of drug-likeness (QED) is 0.868. The smallest absolute Gasteiger partial charge is 0.0863 e. The first-order chi connectivity index (χ1) is 9.54. The summed E-state index contributed by atoms with van der Waals surface area (Å²) in [5.41, 5.74) is 3.23. The zero-order valence-electron chi connectivity index (χ0n) is 12.0. The van der Waals surface area contributed by atoms with Crippen LogP contribution in [0.25, 0.3) is 0 Å². The zero-order valence-corrected chi connectivity index (χ0v) is 14.3. The Morgan fingerprint density at radius 2 is 2.10 bits per heavy atom. The molecule has 0 radical (unpaired) electrons. The molecule has 1 heterocycles. The van der Waals surface area contributed by atoms with Crippen molar-refractivity contribution in [1.82, 2.24) is 15.1 Å². The third-order valence-electron chi connectivity index (χ3n) is 3.45. The number of nitrogens with one attached hydrogen (secondary N) is 1. The van der Waals surface area contributed by atoms with Crippen molar-refractivity contribution in [2.45, 2.75) is 32.9 Å². The summed E-state index contributed by atoms with van der Waals surface area (Å²) >= 11 is 9.94. The number of hydrogen-bond acceptors (Lipinski definition) is 2. The van der Waals surface area contributed by atoms with E-state index < -0.39 is 0 Å². The Morgan fingerprint density at radius 1 is 1.40 bits per heavy atom. The second-order valence-electron chi connectivity index (χ2n) is 4.81. The maximum absolute atomic E-state index is 6.36. The Balaban J connectivity index is 2.09. The molecule has 0 amide bonds. The largest absolute Gasteiger partial charge is 0.304 e. The number of rotatable bonds is 5. The molecule has 0 saturated heterocycles. The average molecular weight is 357 g/mol. The lowest BCUT2D eigenvalue weighted by molar-refractivity contribution is 0.546. The third kappa shape index (κ3) is 3.25. The SMILES string of the molecule is CCc1nn(C)c(CN[C@@H](C)c2ccccc2Br)c1Cl. The molecule has 3 nitrogen and oxygen atoms in total. The van der Waals surface area contributed by atoms with E-state index in [1.807, 2.05) is 23.9 Å². The van der Waals surface area contributed by atoms with Crippen LogP contribution in [0.5, 0.6) is 0 Å². The van der Waals surface area contributed by atoms with Gasteiger partial charge in [0.15, 0.2) is 0 Å². The van der Waals surface area contributed by atoms with Gasteiger partial charge >= 0.3 is 0 Å². The number of aryl methyl sites for hydroxylation is 2. The highest BCUT2D eigenvalue weighted by molar-refractivity contribution is 9.10. The number of nitrogens with zero attached hydrogens (tertiary/aromatic N) is 2. The normalized spacial score (nSPS) is 12.7. The van der Waals surface area contributed by atoms with Gasteiger partial charge < -0.3 is 5.32 Å². The van der Waals surface area contributed by atoms with Crippen molar-refractivity contribution in [3.63, 3.8) is 0 Å². The lowest BCUT2D eigenvalue weighted by Crippen LogP contribution is -2.20. The van der Waals surface area contributed by atoms with Gasteiger partial charge in [-0.2, -0.15) is 5.10 Å². The summed E-state index contributed by atoms with van der Waals surface area (Å²) in [6.07, 6.45) is 0.854. The second kappa shape index (κ2) is 6.74. The standard InChI is InChI=1S/C15H19BrClN3/c1-4-13-15(17)14(20(3)19-13)9-18-10(2)11-7-5-6-8-12(11)16/h5-8,10,18H,4,9H2,1-3H3/t10-/m0/s1. The predicted octanol–water partition coefficient (Wildman–Crippen LogP) is 4.25. The Kier molecular flexibility index (Phi) is 5.24. The molecule has 1 aromatic carbocycles. The minimum atomic E-state index is 0.238. The highest BCUT2D eigenvalue weighted by Crippen LogP contribution is 2.25. The van der Waals surface area contributed by atoms with Crippen LogP contribution in [0.2, 0.25) is 5.02 Å². The van der Waals surface area contributed by atoms with Crippen LogP contribution >= 0.6 is 27.5 Å². The van der Waals surface area contributed by atoms with Crippen LogP contribution in [0.1, 0.15) is 36.8 Å². The van der Waals surface area contributed by atoms with Crippen LogP contribution in [0.3, 0.4) is 0 Å². The van der Waals surface area contributed by atoms with Gasteiger partial charge in [0, 0.05) is 24.1 Å². The molecule has 1 atom stereocenters. The molecule has 2 aromatic rings. The molecule has 20 heavy (non-hydrogen) atoms. The first-order valence-corrected chi connectivity index (χ1v) is 7.89. The summed E-state index contributed by atoms with van der Waals surface area (Å²) in [4.78, 5) is 0. The Labute approximate surface area is 133 Å². The van der Waals surface area contributed by atoms with E-state index in [-0.39, 0.29) is 6.04 Å². The Morgan fingerprint density at radius 3 is 2.70 bits per heavy atom. The predicted molar refractivity (Wildman–Crippen MR) is 87.0 cm³/mol. The van der Waals surface area contributed by atoms with Crippen LogP contribution in [0, 0.1) is 0 Å². The highest BCUT2D eigenvalue weighted by atomic mass is 79.9. The molecule has 0 spiro atoms. The van der Waals surface area contributed by atoms with Crippen molar-refractivity contribution in [2.24, 2.45) is 7.05 Å². The maximum Gasteiger partial charge on any atom is 0.0863 e. The monoisotopic (exact) mass is 355 g/mol. The first-order valence-electron chi connectivity index (χ1n) is 6.72. The lowest BCUT2D eigenvalue weighted by atomic mass is 10.1. The molecule has 0 aliphatic rings. The fourth-order valence-corrected chi connectivity index (χ4v) is 3.19. The van der Waals surface area contributed by atoms with E-state index in [9.17, 15) is 0 Å². The molecule has 0 bridgehead atoms. The van der Waals surface area contributed by atoms with E-state index in [0.717, 1.165) is 27.3 Å². The van der Waals surface area contributed by atoms with Gasteiger partial charge in [-0.1, -0.05) is 52.7 Å². The van der Waals surface area contributed by atoms with E-state index >= 15 is 0 Å². The molecule has 0 saturated carbocycles. The van der Waals surface area contributed by atoms with Gasteiger partial charge in [0.05, 0.1) is 16.4 Å². The molecule has 2 rings (SSSR count). The third-order valence-corrected chi connectivity index (χ3v) is 4.61. The molecule has 1 N–H and O–H groups in total. The summed E-state index contributed by atoms with van der Waals surface area (Å²) in [6, 6.07) is 8.47. The topological polar surface area (TPSA) is 29.9 Å². The first kappa shape index (κ1) is 15.5. The molecule has 0 aliphatic heterocycles. The summed E-state index contributed by atoms with van der Waals surface area (Å²) in [5, 5.41) is 8.71. The van der Waals surface area contributed by atoms with Crippen molar-refractivity contribution in [3.05, 3.63) is 50.7 Å². The molecular formula is C15H19BrClN3. The molecule has 108 valence electrons. The number of benzene rings is 1. The fraction of sp³-hybridized carbons (Fsp3) is 0.400. The summed E-state index contributed by atoms with van der Waals surface area (Å²) < 4.78 is 2.98. The van der Waals surface area contributed by atoms with Gasteiger partial charge in [-0.15, -0.1) is 0 Å². The molecule has 5 heteroatoms. The number of hydrogen-bond donors (Lipinski definition) is 1. The van der Waals surface area contributed by atoms with Gasteiger partial charge in [0.25, 0.3) is 0 Å². The lowest BCUT2D eigenvalue weighted by Gasteiger charge is -2.16. The Hall–Kier alpha value is -0.840. The maximum atomic E-state index is 6.36. The second-order valence-corrected chi connectivity index (χ2v) is 6.04. The minimum absolute atomic E-state index is 0.238. The minimum Gasteiger partial charge on any atom is -0.304 e. The van der Waals surface area contributed by atoms with Crippen molar-refractivity contribution >= 4 is 27.5 Å². The summed E-state index contributed by atoms with van der Waals surface area (Å²) in [5.74, 6) is 0. The van der Waals surface area contributed by atoms with Crippen molar-refractivity contribution in [2.75, 3.05) is 0 Å². The van der Waals surface area contributed by atoms with E-state index in [0.29, 0.717) is 6.54 Å². The van der Waals surface area contributed by atoms with E-state index in [1.165, 1.54) is 5.56 Å². The van der Waals surface area contributed by atoms with Gasteiger partial charge in [0.1, 0.15) is 0 Å². The van der Waals surface area contributed by atoms with Crippen LogP contribution in [-0.2, 0) is 20.0 Å². The number of halogens is 2. The van der Waals surface area contributed by atoms with Crippen molar-refractivity contribution < 1.29 is 0 Å². The van der Waals surface area contributed by atoms with Crippen LogP contribution in [0.4, 0.5) is 0 Å². The van der Waals surface area contributed by atoms with Crippen molar-refractivity contribution in [3.8, 4) is 0 Å². The molecule has 0 fully saturated rings. The van der Waals surface area contributed by atoms with Crippen LogP contribution in [-0.4, -0.2) is 9.78 Å². The highest BCUT2D eigenvalue weighted by Gasteiger charge is 2.14. The fourth-order valence-electron chi connectivity index (χ4n) is 2.20. The van der Waals surface area contributed by atoms with Gasteiger partial charge in [0.2, 0.25) is 0 Å². The van der Waals surface area contributed by atoms with Gasteiger partial charge in [-0.05, 0) is 25.0 Å².